The van der Waals surface area contributed by atoms with Crippen LogP contribution in [0.25, 0.3) is 0 Å². The highest BCUT2D eigenvalue weighted by Gasteiger charge is 2.22. The molecule has 2 rings (SSSR count). The maximum atomic E-state index is 12.0. The minimum Gasteiger partial charge on any atom is -0.457 e. The summed E-state index contributed by atoms with van der Waals surface area (Å²) in [6.45, 7) is 1.83. The van der Waals surface area contributed by atoms with Gasteiger partial charge in [-0.05, 0) is 44.6 Å². The summed E-state index contributed by atoms with van der Waals surface area (Å²) >= 11 is 11.8. The van der Waals surface area contributed by atoms with E-state index in [9.17, 15) is 4.79 Å². The van der Waals surface area contributed by atoms with Crippen molar-refractivity contribution in [1.82, 2.24) is 4.90 Å². The summed E-state index contributed by atoms with van der Waals surface area (Å²) in [5.74, 6) is -0.378. The van der Waals surface area contributed by atoms with Crippen LogP contribution in [-0.4, -0.2) is 37.1 Å². The molecule has 0 spiro atoms. The number of halogens is 3. The van der Waals surface area contributed by atoms with Gasteiger partial charge in [0.2, 0.25) is 0 Å². The number of hydrogen-bond donors (Lipinski definition) is 0. The van der Waals surface area contributed by atoms with Crippen LogP contribution in [0.2, 0.25) is 10.0 Å². The van der Waals surface area contributed by atoms with Crippen LogP contribution in [0.5, 0.6) is 0 Å². The number of rotatable bonds is 2. The first kappa shape index (κ1) is 16.6. The van der Waals surface area contributed by atoms with Gasteiger partial charge in [-0.2, -0.15) is 0 Å². The number of esters is 1. The van der Waals surface area contributed by atoms with Crippen molar-refractivity contribution < 1.29 is 9.53 Å². The van der Waals surface area contributed by atoms with Gasteiger partial charge >= 0.3 is 5.97 Å². The molecule has 1 saturated heterocycles. The van der Waals surface area contributed by atoms with Crippen LogP contribution in [0.1, 0.15) is 23.2 Å². The molecule has 1 unspecified atom stereocenters. The third kappa shape index (κ3) is 4.53. The van der Waals surface area contributed by atoms with Crippen molar-refractivity contribution >= 4 is 41.6 Å². The summed E-state index contributed by atoms with van der Waals surface area (Å²) in [6.07, 6.45) is 1.90. The van der Waals surface area contributed by atoms with Crippen molar-refractivity contribution in [2.24, 2.45) is 0 Å². The number of piperidine rings is 1. The second-order valence-electron chi connectivity index (χ2n) is 4.56. The van der Waals surface area contributed by atoms with Gasteiger partial charge in [-0.3, -0.25) is 0 Å². The van der Waals surface area contributed by atoms with Gasteiger partial charge in [0.05, 0.1) is 10.6 Å². The number of benzene rings is 1. The molecule has 0 radical (unpaired) electrons. The van der Waals surface area contributed by atoms with Gasteiger partial charge in [0, 0.05) is 11.6 Å². The van der Waals surface area contributed by atoms with E-state index in [0.29, 0.717) is 15.6 Å². The van der Waals surface area contributed by atoms with Crippen LogP contribution < -0.4 is 0 Å². The Labute approximate surface area is 129 Å². The van der Waals surface area contributed by atoms with Crippen molar-refractivity contribution in [3.63, 3.8) is 0 Å². The summed E-state index contributed by atoms with van der Waals surface area (Å²) < 4.78 is 5.46. The van der Waals surface area contributed by atoms with Gasteiger partial charge in [-0.15, -0.1) is 12.4 Å². The standard InChI is InChI=1S/C13H15Cl2NO2.ClH/c1-16-6-2-3-10(8-16)18-13(17)11-5-4-9(14)7-12(11)15;/h4-5,7,10H,2-3,6,8H2,1H3;1H. The summed E-state index contributed by atoms with van der Waals surface area (Å²) in [6, 6.07) is 4.78. The maximum Gasteiger partial charge on any atom is 0.339 e. The average Bonchev–Trinajstić information content (AvgIpc) is 2.28. The van der Waals surface area contributed by atoms with E-state index in [1.165, 1.54) is 0 Å². The molecule has 6 heteroatoms. The zero-order valence-electron chi connectivity index (χ0n) is 10.6. The molecule has 1 aromatic rings. The lowest BCUT2D eigenvalue weighted by atomic mass is 10.1. The highest BCUT2D eigenvalue weighted by molar-refractivity contribution is 6.36. The van der Waals surface area contributed by atoms with Crippen molar-refractivity contribution in [2.45, 2.75) is 18.9 Å². The van der Waals surface area contributed by atoms with E-state index in [2.05, 4.69) is 4.90 Å². The van der Waals surface area contributed by atoms with Gasteiger partial charge in [-0.25, -0.2) is 4.79 Å². The zero-order valence-corrected chi connectivity index (χ0v) is 12.9. The second kappa shape index (κ2) is 7.34. The molecule has 0 saturated carbocycles. The molecule has 0 amide bonds. The van der Waals surface area contributed by atoms with E-state index in [-0.39, 0.29) is 24.5 Å². The van der Waals surface area contributed by atoms with Crippen LogP contribution in [0.15, 0.2) is 18.2 Å². The van der Waals surface area contributed by atoms with Gasteiger partial charge in [0.25, 0.3) is 0 Å². The molecule has 1 aliphatic rings. The smallest absolute Gasteiger partial charge is 0.339 e. The van der Waals surface area contributed by atoms with Crippen LogP contribution in [0.3, 0.4) is 0 Å². The van der Waals surface area contributed by atoms with E-state index in [1.807, 2.05) is 7.05 Å². The van der Waals surface area contributed by atoms with Gasteiger partial charge in [0.15, 0.2) is 0 Å². The lowest BCUT2D eigenvalue weighted by Crippen LogP contribution is -2.38. The topological polar surface area (TPSA) is 29.5 Å². The highest BCUT2D eigenvalue weighted by Crippen LogP contribution is 2.23. The number of hydrogen-bond acceptors (Lipinski definition) is 3. The van der Waals surface area contributed by atoms with Crippen molar-refractivity contribution in [2.75, 3.05) is 20.1 Å². The fraction of sp³-hybridized carbons (Fsp3) is 0.462. The predicted octanol–water partition coefficient (Wildman–Crippen LogP) is 3.67. The summed E-state index contributed by atoms with van der Waals surface area (Å²) in [7, 11) is 2.02. The molecule has 106 valence electrons. The fourth-order valence-corrected chi connectivity index (χ4v) is 2.57. The molecule has 1 fully saturated rings. The maximum absolute atomic E-state index is 12.0. The third-order valence-electron chi connectivity index (χ3n) is 3.01. The predicted molar refractivity (Wildman–Crippen MR) is 79.6 cm³/mol. The number of carbonyl (C=O) groups excluding carboxylic acids is 1. The lowest BCUT2D eigenvalue weighted by Gasteiger charge is -2.29. The Morgan fingerprint density at radius 2 is 2.16 bits per heavy atom. The van der Waals surface area contributed by atoms with Crippen LogP contribution in [0, 0.1) is 0 Å². The van der Waals surface area contributed by atoms with Crippen molar-refractivity contribution in [1.29, 1.82) is 0 Å². The SMILES string of the molecule is CN1CCCC(OC(=O)c2ccc(Cl)cc2Cl)C1.Cl. The molecule has 3 nitrogen and oxygen atoms in total. The Morgan fingerprint density at radius 1 is 1.42 bits per heavy atom. The average molecular weight is 325 g/mol. The van der Waals surface area contributed by atoms with Gasteiger partial charge in [0.1, 0.15) is 6.10 Å². The Bertz CT molecular complexity index is 454. The van der Waals surface area contributed by atoms with E-state index in [1.54, 1.807) is 18.2 Å². The minimum absolute atomic E-state index is 0. The molecular formula is C13H16Cl3NO2. The number of nitrogens with zero attached hydrogens (tertiary/aromatic N) is 1. The molecule has 1 heterocycles. The fourth-order valence-electron chi connectivity index (χ4n) is 2.09. The Morgan fingerprint density at radius 3 is 2.79 bits per heavy atom. The van der Waals surface area contributed by atoms with E-state index in [0.717, 1.165) is 25.9 Å². The number of carbonyl (C=O) groups is 1. The molecule has 1 aliphatic heterocycles. The normalized spacial score (nSPS) is 19.6. The first-order valence-corrected chi connectivity index (χ1v) is 6.66. The number of likely N-dealkylation sites (tertiary alicyclic amines) is 1. The molecule has 0 bridgehead atoms. The van der Waals surface area contributed by atoms with E-state index < -0.39 is 0 Å². The minimum atomic E-state index is -0.378. The first-order valence-electron chi connectivity index (χ1n) is 5.91. The van der Waals surface area contributed by atoms with Crippen LogP contribution in [-0.2, 0) is 4.74 Å². The molecule has 1 atom stereocenters. The highest BCUT2D eigenvalue weighted by atomic mass is 35.5. The van der Waals surface area contributed by atoms with Crippen LogP contribution >= 0.6 is 35.6 Å². The quantitative estimate of drug-likeness (QED) is 0.777. The summed E-state index contributed by atoms with van der Waals surface area (Å²) in [4.78, 5) is 14.1. The third-order valence-corrected chi connectivity index (χ3v) is 3.55. The second-order valence-corrected chi connectivity index (χ2v) is 5.40. The summed E-state index contributed by atoms with van der Waals surface area (Å²) in [5, 5.41) is 0.839. The van der Waals surface area contributed by atoms with E-state index in [4.69, 9.17) is 27.9 Å². The Balaban J connectivity index is 0.00000180. The first-order chi connectivity index (χ1) is 8.56. The Hall–Kier alpha value is -0.480. The molecule has 0 aromatic heterocycles. The van der Waals surface area contributed by atoms with Gasteiger partial charge in [-0.1, -0.05) is 23.2 Å². The van der Waals surface area contributed by atoms with E-state index >= 15 is 0 Å². The number of ether oxygens (including phenoxy) is 1. The molecule has 1 aromatic carbocycles. The largest absolute Gasteiger partial charge is 0.457 e. The molecule has 0 N–H and O–H groups in total. The van der Waals surface area contributed by atoms with Crippen molar-refractivity contribution in [3.8, 4) is 0 Å². The number of likely N-dealkylation sites (N-methyl/N-ethyl adjacent to an activating group) is 1. The summed E-state index contributed by atoms with van der Waals surface area (Å²) in [5.41, 5.74) is 0.370. The van der Waals surface area contributed by atoms with Gasteiger partial charge < -0.3 is 9.64 Å². The van der Waals surface area contributed by atoms with Crippen LogP contribution in [0.4, 0.5) is 0 Å². The zero-order chi connectivity index (χ0) is 13.1. The Kier molecular flexibility index (Phi) is 6.40. The monoisotopic (exact) mass is 323 g/mol. The molecular weight excluding hydrogens is 309 g/mol. The van der Waals surface area contributed by atoms with Crippen molar-refractivity contribution in [3.05, 3.63) is 33.8 Å². The lowest BCUT2D eigenvalue weighted by molar-refractivity contribution is 0.0109. The molecule has 0 aliphatic carbocycles. The molecule has 19 heavy (non-hydrogen) atoms.